The molecule has 1 N–H and O–H groups in total. The Bertz CT molecular complexity index is 238. The van der Waals surface area contributed by atoms with Crippen LogP contribution >= 0.6 is 0 Å². The van der Waals surface area contributed by atoms with Crippen molar-refractivity contribution < 1.29 is 89.0 Å². The number of carboxylic acid groups (broad SMARTS) is 3. The topological polar surface area (TPSA) is 141 Å². The SMILES string of the molecule is O=C([O-])CC(O)(CC(=O)[O-])C(=O)[O-].[Ce+3].[Cl-]. The summed E-state index contributed by atoms with van der Waals surface area (Å²) in [6.07, 6.45) is -2.72. The Morgan fingerprint density at radius 1 is 1.00 bits per heavy atom. The van der Waals surface area contributed by atoms with Gasteiger partial charge in [0.1, 0.15) is 5.60 Å². The molecule has 0 bridgehead atoms. The van der Waals surface area contributed by atoms with Crippen LogP contribution in [-0.4, -0.2) is 28.6 Å². The molecule has 0 saturated heterocycles. The molecule has 0 aliphatic carbocycles. The van der Waals surface area contributed by atoms with Crippen molar-refractivity contribution in [3.8, 4) is 0 Å². The van der Waals surface area contributed by atoms with Gasteiger partial charge in [0.15, 0.2) is 0 Å². The van der Waals surface area contributed by atoms with Crippen LogP contribution < -0.4 is 27.7 Å². The molecule has 0 aromatic rings. The van der Waals surface area contributed by atoms with Crippen molar-refractivity contribution in [2.75, 3.05) is 0 Å². The van der Waals surface area contributed by atoms with Gasteiger partial charge >= 0.3 is 41.7 Å². The Morgan fingerprint density at radius 3 is 1.40 bits per heavy atom. The molecule has 0 unspecified atom stereocenters. The molecule has 0 aromatic heterocycles. The number of carbonyl (C=O) groups excluding carboxylic acids is 3. The van der Waals surface area contributed by atoms with Gasteiger partial charge in [-0.2, -0.15) is 0 Å². The fraction of sp³-hybridized carbons (Fsp3) is 0.500. The standard InChI is InChI=1S/C6H8O7.Ce.ClH/c7-3(8)1-6(13,5(11)12)2-4(9)10;;/h13H,1-2H2,(H,7,8)(H,9,10)(H,11,12);;1H/q;+3;/p-4. The zero-order valence-electron chi connectivity index (χ0n) is 7.19. The number of rotatable bonds is 5. The molecule has 0 heterocycles. The molecule has 0 spiro atoms. The number of aliphatic hydroxyl groups is 1. The van der Waals surface area contributed by atoms with Gasteiger partial charge in [0.25, 0.3) is 0 Å². The summed E-state index contributed by atoms with van der Waals surface area (Å²) in [5.41, 5.74) is -2.97. The summed E-state index contributed by atoms with van der Waals surface area (Å²) in [5, 5.41) is 38.9. The summed E-state index contributed by atoms with van der Waals surface area (Å²) < 4.78 is 0. The van der Waals surface area contributed by atoms with E-state index in [1.54, 1.807) is 0 Å². The molecule has 0 fully saturated rings. The molecular weight excluding hydrogens is 360 g/mol. The minimum Gasteiger partial charge on any atom is -1.00 e. The number of carboxylic acids is 3. The normalized spacial score (nSPS) is 9.40. The molecule has 0 rings (SSSR count). The van der Waals surface area contributed by atoms with Crippen molar-refractivity contribution in [2.45, 2.75) is 18.4 Å². The Kier molecular flexibility index (Phi) is 11.2. The monoisotopic (exact) mass is 364 g/mol. The van der Waals surface area contributed by atoms with Gasteiger partial charge in [0, 0.05) is 24.8 Å². The summed E-state index contributed by atoms with van der Waals surface area (Å²) in [7, 11) is 0. The predicted molar refractivity (Wildman–Crippen MR) is 29.2 cm³/mol. The molecule has 0 aliphatic rings. The maximum atomic E-state index is 10.1. The summed E-state index contributed by atoms with van der Waals surface area (Å²) >= 11 is 0. The summed E-state index contributed by atoms with van der Waals surface area (Å²) in [6.45, 7) is 0. The molecule has 9 heteroatoms. The molecule has 0 aromatic carbocycles. The third-order valence-electron chi connectivity index (χ3n) is 1.25. The third-order valence-corrected chi connectivity index (χ3v) is 1.25. The van der Waals surface area contributed by atoms with Crippen molar-refractivity contribution >= 4 is 17.9 Å². The number of carbonyl (C=O) groups is 3. The summed E-state index contributed by atoms with van der Waals surface area (Å²) in [5.74, 6) is -5.98. The third kappa shape index (κ3) is 7.91. The van der Waals surface area contributed by atoms with Gasteiger partial charge < -0.3 is 47.2 Å². The molecule has 7 nitrogen and oxygen atoms in total. The van der Waals surface area contributed by atoms with Crippen LogP contribution in [0.4, 0.5) is 0 Å². The molecule has 1 radical (unpaired) electrons. The van der Waals surface area contributed by atoms with Gasteiger partial charge in [0.2, 0.25) is 0 Å². The van der Waals surface area contributed by atoms with E-state index in [4.69, 9.17) is 5.11 Å². The van der Waals surface area contributed by atoms with Crippen LogP contribution in [0.3, 0.4) is 0 Å². The quantitative estimate of drug-likeness (QED) is 0.510. The van der Waals surface area contributed by atoms with Crippen LogP contribution in [0.2, 0.25) is 0 Å². The van der Waals surface area contributed by atoms with E-state index in [2.05, 4.69) is 0 Å². The van der Waals surface area contributed by atoms with Gasteiger partial charge in [-0.05, 0) is 0 Å². The van der Waals surface area contributed by atoms with Gasteiger partial charge in [-0.25, -0.2) is 0 Å². The van der Waals surface area contributed by atoms with Crippen molar-refractivity contribution in [1.82, 2.24) is 0 Å². The van der Waals surface area contributed by atoms with Crippen LogP contribution in [0.5, 0.6) is 0 Å². The van der Waals surface area contributed by atoms with E-state index in [0.29, 0.717) is 0 Å². The second-order valence-electron chi connectivity index (χ2n) is 2.42. The number of aliphatic carboxylic acids is 3. The predicted octanol–water partition coefficient (Wildman–Crippen LogP) is -8.25. The van der Waals surface area contributed by atoms with Crippen LogP contribution in [0, 0.1) is 41.7 Å². The largest absolute Gasteiger partial charge is 3.00 e. The number of halogens is 1. The van der Waals surface area contributed by atoms with E-state index in [9.17, 15) is 29.7 Å². The first-order valence-electron chi connectivity index (χ1n) is 3.11. The van der Waals surface area contributed by atoms with Crippen molar-refractivity contribution in [3.05, 3.63) is 0 Å². The van der Waals surface area contributed by atoms with E-state index in [1.165, 1.54) is 0 Å². The Labute approximate surface area is 124 Å². The average Bonchev–Trinajstić information content (AvgIpc) is 1.82. The summed E-state index contributed by atoms with van der Waals surface area (Å²) in [6, 6.07) is 0. The Hall–Kier alpha value is 0.0366. The zero-order valence-corrected chi connectivity index (χ0v) is 11.1. The van der Waals surface area contributed by atoms with Gasteiger partial charge in [-0.15, -0.1) is 0 Å². The van der Waals surface area contributed by atoms with Gasteiger partial charge in [-0.1, -0.05) is 0 Å². The molecule has 83 valence electrons. The van der Waals surface area contributed by atoms with E-state index in [1.807, 2.05) is 0 Å². The zero-order chi connectivity index (χ0) is 10.6. The minimum atomic E-state index is -2.97. The van der Waals surface area contributed by atoms with Crippen LogP contribution in [0.1, 0.15) is 12.8 Å². The average molecular weight is 365 g/mol. The second-order valence-corrected chi connectivity index (χ2v) is 2.42. The van der Waals surface area contributed by atoms with Gasteiger partial charge in [-0.3, -0.25) is 0 Å². The molecule has 0 amide bonds. The van der Waals surface area contributed by atoms with E-state index in [-0.39, 0.29) is 54.2 Å². The van der Waals surface area contributed by atoms with E-state index in [0.717, 1.165) is 0 Å². The number of hydrogen-bond acceptors (Lipinski definition) is 7. The molecule has 15 heavy (non-hydrogen) atoms. The molecule has 0 aliphatic heterocycles. The van der Waals surface area contributed by atoms with Crippen molar-refractivity contribution in [3.63, 3.8) is 0 Å². The fourth-order valence-electron chi connectivity index (χ4n) is 0.684. The Balaban J connectivity index is -0.000000720. The van der Waals surface area contributed by atoms with E-state index < -0.39 is 36.4 Å². The smallest absolute Gasteiger partial charge is 1.00 e. The van der Waals surface area contributed by atoms with Crippen LogP contribution in [0.15, 0.2) is 0 Å². The maximum Gasteiger partial charge on any atom is 3.00 e. The van der Waals surface area contributed by atoms with Crippen LogP contribution in [0.25, 0.3) is 0 Å². The van der Waals surface area contributed by atoms with Crippen LogP contribution in [-0.2, 0) is 14.4 Å². The van der Waals surface area contributed by atoms with Gasteiger partial charge in [0.05, 0.1) is 5.97 Å². The first-order valence-corrected chi connectivity index (χ1v) is 3.11. The molecule has 0 atom stereocenters. The van der Waals surface area contributed by atoms with E-state index >= 15 is 0 Å². The minimum absolute atomic E-state index is 0. The number of hydrogen-bond donors (Lipinski definition) is 1. The first kappa shape index (κ1) is 20.4. The molecule has 0 saturated carbocycles. The van der Waals surface area contributed by atoms with Crippen molar-refractivity contribution in [1.29, 1.82) is 0 Å². The second kappa shape index (κ2) is 8.22. The maximum absolute atomic E-state index is 10.1. The first-order chi connectivity index (χ1) is 5.78. The van der Waals surface area contributed by atoms with Crippen molar-refractivity contribution in [2.24, 2.45) is 0 Å². The Morgan fingerprint density at radius 2 is 1.27 bits per heavy atom. The summed E-state index contributed by atoms with van der Waals surface area (Å²) in [4.78, 5) is 30.0. The fourth-order valence-corrected chi connectivity index (χ4v) is 0.684. The molecular formula is C6H5CeClO7-.